The van der Waals surface area contributed by atoms with Crippen molar-refractivity contribution < 1.29 is 17.9 Å². The molecule has 4 nitrogen and oxygen atoms in total. The van der Waals surface area contributed by atoms with E-state index in [9.17, 15) is 12.8 Å². The molecular formula is C14H13BrFNO3S. The molecule has 112 valence electrons. The van der Waals surface area contributed by atoms with Gasteiger partial charge in [-0.15, -0.1) is 0 Å². The van der Waals surface area contributed by atoms with Crippen LogP contribution in [0.15, 0.2) is 45.8 Å². The highest BCUT2D eigenvalue weighted by molar-refractivity contribution is 9.10. The monoisotopic (exact) mass is 373 g/mol. The lowest BCUT2D eigenvalue weighted by molar-refractivity contribution is 0.281. The summed E-state index contributed by atoms with van der Waals surface area (Å²) in [7, 11) is -4.06. The van der Waals surface area contributed by atoms with Crippen molar-refractivity contribution in [3.63, 3.8) is 0 Å². The van der Waals surface area contributed by atoms with Gasteiger partial charge in [-0.25, -0.2) is 12.8 Å². The molecule has 7 heteroatoms. The lowest BCUT2D eigenvalue weighted by Gasteiger charge is -2.11. The molecule has 2 aromatic rings. The van der Waals surface area contributed by atoms with E-state index >= 15 is 0 Å². The van der Waals surface area contributed by atoms with Crippen LogP contribution in [0.3, 0.4) is 0 Å². The van der Waals surface area contributed by atoms with Gasteiger partial charge in [0, 0.05) is 10.2 Å². The first-order valence-corrected chi connectivity index (χ1v) is 8.29. The number of sulfonamides is 1. The molecule has 0 radical (unpaired) electrons. The van der Waals surface area contributed by atoms with Gasteiger partial charge in [0.25, 0.3) is 10.0 Å². The van der Waals surface area contributed by atoms with E-state index in [2.05, 4.69) is 20.7 Å². The third-order valence-corrected chi connectivity index (χ3v) is 5.14. The van der Waals surface area contributed by atoms with E-state index in [4.69, 9.17) is 5.11 Å². The highest BCUT2D eigenvalue weighted by Gasteiger charge is 2.20. The summed E-state index contributed by atoms with van der Waals surface area (Å²) in [6.45, 7) is 1.51. The van der Waals surface area contributed by atoms with Crippen molar-refractivity contribution in [1.29, 1.82) is 0 Å². The van der Waals surface area contributed by atoms with Crippen LogP contribution in [0.5, 0.6) is 0 Å². The maximum atomic E-state index is 13.7. The van der Waals surface area contributed by atoms with E-state index in [-0.39, 0.29) is 6.61 Å². The second kappa shape index (κ2) is 6.13. The fraction of sp³-hybridized carbons (Fsp3) is 0.143. The number of rotatable bonds is 4. The van der Waals surface area contributed by atoms with Gasteiger partial charge in [0.15, 0.2) is 0 Å². The molecule has 0 atom stereocenters. The molecule has 0 aliphatic carbocycles. The molecule has 2 aromatic carbocycles. The molecule has 0 amide bonds. The van der Waals surface area contributed by atoms with Gasteiger partial charge >= 0.3 is 0 Å². The van der Waals surface area contributed by atoms with Crippen molar-refractivity contribution in [3.05, 3.63) is 57.8 Å². The Labute approximate surface area is 130 Å². The normalized spacial score (nSPS) is 11.4. The van der Waals surface area contributed by atoms with Crippen LogP contribution in [0, 0.1) is 12.7 Å². The van der Waals surface area contributed by atoms with E-state index in [0.717, 1.165) is 22.2 Å². The lowest BCUT2D eigenvalue weighted by Crippen LogP contribution is -2.15. The number of anilines is 1. The van der Waals surface area contributed by atoms with Crippen molar-refractivity contribution in [1.82, 2.24) is 0 Å². The van der Waals surface area contributed by atoms with E-state index in [1.54, 1.807) is 18.2 Å². The van der Waals surface area contributed by atoms with Crippen molar-refractivity contribution >= 4 is 31.6 Å². The summed E-state index contributed by atoms with van der Waals surface area (Å²) < 4.78 is 41.3. The minimum atomic E-state index is -4.06. The smallest absolute Gasteiger partial charge is 0.264 e. The van der Waals surface area contributed by atoms with Crippen LogP contribution in [0.2, 0.25) is 0 Å². The van der Waals surface area contributed by atoms with Crippen molar-refractivity contribution in [2.75, 3.05) is 4.72 Å². The van der Waals surface area contributed by atoms with Crippen LogP contribution in [0.25, 0.3) is 0 Å². The number of hydrogen-bond acceptors (Lipinski definition) is 3. The number of hydrogen-bond donors (Lipinski definition) is 2. The van der Waals surface area contributed by atoms with Gasteiger partial charge in [-0.3, -0.25) is 4.72 Å². The summed E-state index contributed by atoms with van der Waals surface area (Å²) >= 11 is 3.31. The van der Waals surface area contributed by atoms with Crippen LogP contribution in [-0.2, 0) is 16.6 Å². The molecule has 2 rings (SSSR count). The van der Waals surface area contributed by atoms with E-state index in [1.807, 2.05) is 6.92 Å². The van der Waals surface area contributed by atoms with Gasteiger partial charge in [0.1, 0.15) is 10.7 Å². The van der Waals surface area contributed by atoms with E-state index in [1.165, 1.54) is 6.07 Å². The highest BCUT2D eigenvalue weighted by Crippen LogP contribution is 2.24. The van der Waals surface area contributed by atoms with Crippen LogP contribution in [-0.4, -0.2) is 13.5 Å². The zero-order valence-electron chi connectivity index (χ0n) is 11.1. The van der Waals surface area contributed by atoms with Crippen molar-refractivity contribution in [2.45, 2.75) is 18.4 Å². The minimum absolute atomic E-state index is 0.321. The molecule has 0 aromatic heterocycles. The molecule has 0 bridgehead atoms. The number of aliphatic hydroxyl groups is 1. The maximum absolute atomic E-state index is 13.7. The third kappa shape index (κ3) is 3.61. The second-order valence-corrected chi connectivity index (χ2v) is 7.00. The van der Waals surface area contributed by atoms with E-state index < -0.39 is 20.7 Å². The van der Waals surface area contributed by atoms with Crippen molar-refractivity contribution in [2.24, 2.45) is 0 Å². The second-order valence-electron chi connectivity index (χ2n) is 4.49. The quantitative estimate of drug-likeness (QED) is 0.864. The van der Waals surface area contributed by atoms with Gasteiger partial charge in [-0.1, -0.05) is 28.1 Å². The van der Waals surface area contributed by atoms with Crippen LogP contribution >= 0.6 is 15.9 Å². The Balaban J connectivity index is 2.40. The summed E-state index contributed by atoms with van der Waals surface area (Å²) in [6, 6.07) is 8.39. The Morgan fingerprint density at radius 1 is 1.24 bits per heavy atom. The van der Waals surface area contributed by atoms with Gasteiger partial charge in [-0.05, 0) is 42.3 Å². The summed E-state index contributed by atoms with van der Waals surface area (Å²) in [4.78, 5) is -0.495. The predicted molar refractivity (Wildman–Crippen MR) is 82.0 cm³/mol. The number of halogens is 2. The average molecular weight is 374 g/mol. The Hall–Kier alpha value is -1.44. The molecule has 0 aliphatic heterocycles. The first-order chi connectivity index (χ1) is 9.83. The first-order valence-electron chi connectivity index (χ1n) is 6.02. The number of aryl methyl sites for hydroxylation is 1. The zero-order chi connectivity index (χ0) is 15.6. The summed E-state index contributed by atoms with van der Waals surface area (Å²) in [5.41, 5.74) is 1.59. The topological polar surface area (TPSA) is 66.4 Å². The number of aliphatic hydroxyl groups excluding tert-OH is 1. The molecule has 0 saturated heterocycles. The van der Waals surface area contributed by atoms with E-state index in [0.29, 0.717) is 11.3 Å². The lowest BCUT2D eigenvalue weighted by atomic mass is 10.2. The standard InChI is InChI=1S/C14H13BrFNO3S/c1-9-2-4-11(7-12(9)15)17-21(19,20)14-6-10(8-18)3-5-13(14)16/h2-7,17-18H,8H2,1H3. The van der Waals surface area contributed by atoms with Gasteiger partial charge in [-0.2, -0.15) is 0 Å². The Morgan fingerprint density at radius 2 is 1.95 bits per heavy atom. The fourth-order valence-corrected chi connectivity index (χ4v) is 3.28. The largest absolute Gasteiger partial charge is 0.392 e. The highest BCUT2D eigenvalue weighted by atomic mass is 79.9. The predicted octanol–water partition coefficient (Wildman–Crippen LogP) is 3.19. The molecule has 0 unspecified atom stereocenters. The molecule has 0 aliphatic rings. The maximum Gasteiger partial charge on any atom is 0.264 e. The summed E-state index contributed by atoms with van der Waals surface area (Å²) in [5, 5.41) is 9.03. The van der Waals surface area contributed by atoms with Gasteiger partial charge in [0.05, 0.1) is 6.61 Å². The minimum Gasteiger partial charge on any atom is -0.392 e. The Morgan fingerprint density at radius 3 is 2.57 bits per heavy atom. The fourth-order valence-electron chi connectivity index (χ4n) is 1.72. The van der Waals surface area contributed by atoms with Crippen molar-refractivity contribution in [3.8, 4) is 0 Å². The first kappa shape index (κ1) is 15.9. The number of benzene rings is 2. The Bertz CT molecular complexity index is 778. The molecule has 2 N–H and O–H groups in total. The SMILES string of the molecule is Cc1ccc(NS(=O)(=O)c2cc(CO)ccc2F)cc1Br. The number of nitrogens with one attached hydrogen (secondary N) is 1. The summed E-state index contributed by atoms with van der Waals surface area (Å²) in [6.07, 6.45) is 0. The Kier molecular flexibility index (Phi) is 4.65. The van der Waals surface area contributed by atoms with Crippen LogP contribution in [0.4, 0.5) is 10.1 Å². The zero-order valence-corrected chi connectivity index (χ0v) is 13.5. The average Bonchev–Trinajstić information content (AvgIpc) is 2.43. The van der Waals surface area contributed by atoms with Gasteiger partial charge in [0.2, 0.25) is 0 Å². The van der Waals surface area contributed by atoms with Crippen LogP contribution < -0.4 is 4.72 Å². The molecular weight excluding hydrogens is 361 g/mol. The summed E-state index contributed by atoms with van der Waals surface area (Å²) in [5.74, 6) is -0.870. The third-order valence-electron chi connectivity index (χ3n) is 2.89. The molecule has 0 heterocycles. The molecule has 0 fully saturated rings. The van der Waals surface area contributed by atoms with Crippen LogP contribution in [0.1, 0.15) is 11.1 Å². The van der Waals surface area contributed by atoms with Gasteiger partial charge < -0.3 is 5.11 Å². The molecule has 21 heavy (non-hydrogen) atoms. The molecule has 0 spiro atoms. The molecule has 0 saturated carbocycles.